The number of nitrogens with one attached hydrogen (secondary N) is 1. The van der Waals surface area contributed by atoms with Gasteiger partial charge in [-0.05, 0) is 6.92 Å². The number of carbonyl (C=O) groups is 1. The normalized spacial score (nSPS) is 27.8. The van der Waals surface area contributed by atoms with Crippen molar-refractivity contribution in [3.05, 3.63) is 0 Å². The van der Waals surface area contributed by atoms with Crippen LogP contribution in [0.4, 0.5) is 8.78 Å². The van der Waals surface area contributed by atoms with E-state index in [9.17, 15) is 13.6 Å². The summed E-state index contributed by atoms with van der Waals surface area (Å²) >= 11 is 0. The molecule has 100 valence electrons. The van der Waals surface area contributed by atoms with Crippen LogP contribution in [0.1, 0.15) is 33.6 Å². The molecule has 1 N–H and O–H groups in total. The van der Waals surface area contributed by atoms with Gasteiger partial charge in [0.2, 0.25) is 11.8 Å². The first-order valence-corrected chi connectivity index (χ1v) is 6.39. The predicted molar refractivity (Wildman–Crippen MR) is 63.1 cm³/mol. The summed E-state index contributed by atoms with van der Waals surface area (Å²) in [6.45, 7) is 8.11. The van der Waals surface area contributed by atoms with Crippen LogP contribution >= 0.6 is 0 Å². The quantitative estimate of drug-likeness (QED) is 0.768. The maximum absolute atomic E-state index is 12.6. The Kier molecular flexibility index (Phi) is 4.86. The fourth-order valence-electron chi connectivity index (χ4n) is 2.24. The van der Waals surface area contributed by atoms with Crippen molar-refractivity contribution in [3.8, 4) is 0 Å². The van der Waals surface area contributed by atoms with Crippen LogP contribution in [0.25, 0.3) is 0 Å². The van der Waals surface area contributed by atoms with Crippen LogP contribution in [0.2, 0.25) is 0 Å². The number of carbonyl (C=O) groups excluding carboxylic acids is 1. The van der Waals surface area contributed by atoms with Crippen molar-refractivity contribution < 1.29 is 13.6 Å². The lowest BCUT2D eigenvalue weighted by molar-refractivity contribution is -0.162. The summed E-state index contributed by atoms with van der Waals surface area (Å²) in [6.07, 6.45) is -0.523. The predicted octanol–water partition coefficient (Wildman–Crippen LogP) is 1.88. The molecule has 0 aromatic carbocycles. The fraction of sp³-hybridized carbons (Fsp3) is 0.917. The van der Waals surface area contributed by atoms with Gasteiger partial charge >= 0.3 is 0 Å². The number of halogens is 2. The van der Waals surface area contributed by atoms with Gasteiger partial charge in [-0.25, -0.2) is 8.78 Å². The third-order valence-corrected chi connectivity index (χ3v) is 3.22. The second kappa shape index (κ2) is 5.76. The van der Waals surface area contributed by atoms with E-state index >= 15 is 0 Å². The topological polar surface area (TPSA) is 32.3 Å². The summed E-state index contributed by atoms with van der Waals surface area (Å²) < 4.78 is 25.3. The Morgan fingerprint density at radius 2 is 1.94 bits per heavy atom. The van der Waals surface area contributed by atoms with E-state index in [1.807, 2.05) is 20.8 Å². The van der Waals surface area contributed by atoms with Gasteiger partial charge < -0.3 is 10.2 Å². The third kappa shape index (κ3) is 3.37. The molecule has 1 aliphatic heterocycles. The van der Waals surface area contributed by atoms with Gasteiger partial charge in [0, 0.05) is 44.4 Å². The Bertz CT molecular complexity index is 263. The molecule has 0 radical (unpaired) electrons. The molecule has 0 aromatic rings. The molecule has 2 rings (SSSR count). The van der Waals surface area contributed by atoms with E-state index in [1.165, 1.54) is 0 Å². The molecule has 17 heavy (non-hydrogen) atoms. The Morgan fingerprint density at radius 3 is 2.41 bits per heavy atom. The average Bonchev–Trinajstić information content (AvgIpc) is 2.28. The number of rotatable bonds is 1. The molecule has 1 aliphatic carbocycles. The molecule has 0 unspecified atom stereocenters. The van der Waals surface area contributed by atoms with Gasteiger partial charge in [-0.1, -0.05) is 13.8 Å². The lowest BCUT2D eigenvalue weighted by Crippen LogP contribution is -2.56. The van der Waals surface area contributed by atoms with E-state index in [0.717, 1.165) is 13.1 Å². The maximum Gasteiger partial charge on any atom is 0.249 e. The highest BCUT2D eigenvalue weighted by atomic mass is 19.3. The Hall–Kier alpha value is -0.710. The summed E-state index contributed by atoms with van der Waals surface area (Å²) in [5.41, 5.74) is 0. The van der Waals surface area contributed by atoms with Gasteiger partial charge in [0.1, 0.15) is 0 Å². The van der Waals surface area contributed by atoms with Gasteiger partial charge in [-0.3, -0.25) is 4.79 Å². The van der Waals surface area contributed by atoms with E-state index < -0.39 is 11.8 Å². The maximum atomic E-state index is 12.6. The average molecular weight is 248 g/mol. The molecule has 2 fully saturated rings. The minimum atomic E-state index is -2.60. The van der Waals surface area contributed by atoms with Crippen molar-refractivity contribution in [3.63, 3.8) is 0 Å². The highest BCUT2D eigenvalue weighted by molar-refractivity contribution is 5.80. The molecule has 0 bridgehead atoms. The molecule has 5 heteroatoms. The zero-order valence-electron chi connectivity index (χ0n) is 10.8. The number of hydrogen-bond donors (Lipinski definition) is 1. The third-order valence-electron chi connectivity index (χ3n) is 3.22. The lowest BCUT2D eigenvalue weighted by atomic mass is 9.80. The highest BCUT2D eigenvalue weighted by Gasteiger charge is 2.50. The monoisotopic (exact) mass is 248 g/mol. The number of piperazine rings is 1. The summed E-state index contributed by atoms with van der Waals surface area (Å²) in [5.74, 6) is -3.13. The number of hydrogen-bond acceptors (Lipinski definition) is 2. The Balaban J connectivity index is 0.000000686. The molecule has 2 aliphatic rings. The first kappa shape index (κ1) is 14.4. The molecular formula is C12H22F2N2O. The van der Waals surface area contributed by atoms with Crippen LogP contribution in [0, 0.1) is 5.92 Å². The minimum Gasteiger partial charge on any atom is -0.337 e. The first-order chi connectivity index (χ1) is 7.99. The van der Waals surface area contributed by atoms with Crippen molar-refractivity contribution in [2.45, 2.75) is 45.6 Å². The van der Waals surface area contributed by atoms with E-state index in [1.54, 1.807) is 4.90 Å². The van der Waals surface area contributed by atoms with Gasteiger partial charge in [-0.2, -0.15) is 0 Å². The SMILES string of the molecule is CC.C[C@@H]1CNCCN1C(=O)C1CC(F)(F)C1. The second-order valence-electron chi connectivity index (χ2n) is 4.55. The van der Waals surface area contributed by atoms with Gasteiger partial charge in [0.25, 0.3) is 0 Å². The number of amides is 1. The van der Waals surface area contributed by atoms with Crippen molar-refractivity contribution >= 4 is 5.91 Å². The van der Waals surface area contributed by atoms with Crippen LogP contribution in [0.5, 0.6) is 0 Å². The number of nitrogens with zero attached hydrogens (tertiary/aromatic N) is 1. The molecule has 1 saturated heterocycles. The van der Waals surface area contributed by atoms with Gasteiger partial charge in [0.15, 0.2) is 0 Å². The van der Waals surface area contributed by atoms with Gasteiger partial charge in [0.05, 0.1) is 0 Å². The van der Waals surface area contributed by atoms with Crippen LogP contribution in [0.15, 0.2) is 0 Å². The Labute approximate surface area is 102 Å². The minimum absolute atomic E-state index is 0.0880. The van der Waals surface area contributed by atoms with Crippen LogP contribution < -0.4 is 5.32 Å². The lowest BCUT2D eigenvalue weighted by Gasteiger charge is -2.41. The molecule has 0 aromatic heterocycles. The molecule has 1 heterocycles. The van der Waals surface area contributed by atoms with Gasteiger partial charge in [-0.15, -0.1) is 0 Å². The van der Waals surface area contributed by atoms with Crippen LogP contribution in [0.3, 0.4) is 0 Å². The zero-order chi connectivity index (χ0) is 13.1. The molecule has 1 atom stereocenters. The second-order valence-corrected chi connectivity index (χ2v) is 4.55. The number of alkyl halides is 2. The molecule has 1 amide bonds. The van der Waals surface area contributed by atoms with Crippen molar-refractivity contribution in [2.75, 3.05) is 19.6 Å². The summed E-state index contributed by atoms with van der Waals surface area (Å²) in [6, 6.07) is 0.125. The summed E-state index contributed by atoms with van der Waals surface area (Å²) in [4.78, 5) is 13.6. The largest absolute Gasteiger partial charge is 0.337 e. The fourth-order valence-corrected chi connectivity index (χ4v) is 2.24. The van der Waals surface area contributed by atoms with E-state index in [4.69, 9.17) is 0 Å². The molecule has 0 spiro atoms. The standard InChI is InChI=1S/C10H16F2N2O.C2H6/c1-7-6-13-2-3-14(7)9(15)8-4-10(11,12)5-8;1-2/h7-8,13H,2-6H2,1H3;1-2H3/t7-;/m1./s1. The molecule has 3 nitrogen and oxygen atoms in total. The van der Waals surface area contributed by atoms with Crippen LogP contribution in [-0.4, -0.2) is 42.4 Å². The highest BCUT2D eigenvalue weighted by Crippen LogP contribution is 2.43. The molecule has 1 saturated carbocycles. The van der Waals surface area contributed by atoms with Crippen molar-refractivity contribution in [1.29, 1.82) is 0 Å². The summed E-state index contributed by atoms with van der Waals surface area (Å²) in [5, 5.41) is 3.17. The first-order valence-electron chi connectivity index (χ1n) is 6.39. The van der Waals surface area contributed by atoms with Crippen molar-refractivity contribution in [1.82, 2.24) is 10.2 Å². The van der Waals surface area contributed by atoms with E-state index in [2.05, 4.69) is 5.32 Å². The Morgan fingerprint density at radius 1 is 1.35 bits per heavy atom. The molecular weight excluding hydrogens is 226 g/mol. The van der Waals surface area contributed by atoms with Crippen LogP contribution in [-0.2, 0) is 4.79 Å². The smallest absolute Gasteiger partial charge is 0.249 e. The van der Waals surface area contributed by atoms with E-state index in [-0.39, 0.29) is 24.8 Å². The van der Waals surface area contributed by atoms with Crippen molar-refractivity contribution in [2.24, 2.45) is 5.92 Å². The zero-order valence-corrected chi connectivity index (χ0v) is 10.8. The summed E-state index contributed by atoms with van der Waals surface area (Å²) in [7, 11) is 0. The van der Waals surface area contributed by atoms with E-state index in [0.29, 0.717) is 6.54 Å².